The fourth-order valence-corrected chi connectivity index (χ4v) is 4.24. The van der Waals surface area contributed by atoms with Gasteiger partial charge in [0.2, 0.25) is 11.8 Å². The summed E-state index contributed by atoms with van der Waals surface area (Å²) in [5, 5.41) is 0. The molecule has 1 atom stereocenters. The molecule has 2 heterocycles. The van der Waals surface area contributed by atoms with Crippen LogP contribution in [-0.4, -0.2) is 53.8 Å². The Kier molecular flexibility index (Phi) is 5.44. The summed E-state index contributed by atoms with van der Waals surface area (Å²) >= 11 is 0. The van der Waals surface area contributed by atoms with E-state index in [0.717, 1.165) is 30.9 Å². The second-order valence-electron chi connectivity index (χ2n) is 7.55. The van der Waals surface area contributed by atoms with Gasteiger partial charge in [0.1, 0.15) is 6.04 Å². The average Bonchev–Trinajstić information content (AvgIpc) is 3.13. The van der Waals surface area contributed by atoms with Crippen LogP contribution in [0.1, 0.15) is 24.5 Å². The van der Waals surface area contributed by atoms with Gasteiger partial charge < -0.3 is 4.90 Å². The van der Waals surface area contributed by atoms with E-state index in [1.807, 2.05) is 42.2 Å². The van der Waals surface area contributed by atoms with Crippen molar-refractivity contribution in [2.24, 2.45) is 0 Å². The number of piperazine rings is 1. The number of fused-ring (bicyclic) bond motifs is 1. The van der Waals surface area contributed by atoms with E-state index in [1.165, 1.54) is 5.56 Å². The molecule has 1 fully saturated rings. The van der Waals surface area contributed by atoms with Gasteiger partial charge in [-0.2, -0.15) is 0 Å². The van der Waals surface area contributed by atoms with Crippen molar-refractivity contribution in [3.8, 4) is 0 Å². The van der Waals surface area contributed by atoms with Gasteiger partial charge in [-0.25, -0.2) is 0 Å². The SMILES string of the molecule is CCC(=O)N1c2ccccc2C[C@H]1C(=O)N1CCN(Cc2ccccc2)CC1. The number of carbonyl (C=O) groups excluding carboxylic acids is 2. The first-order chi connectivity index (χ1) is 13.7. The summed E-state index contributed by atoms with van der Waals surface area (Å²) in [6, 6.07) is 17.9. The highest BCUT2D eigenvalue weighted by atomic mass is 16.2. The molecule has 0 spiro atoms. The van der Waals surface area contributed by atoms with Crippen LogP contribution in [0.15, 0.2) is 54.6 Å². The summed E-state index contributed by atoms with van der Waals surface area (Å²) in [7, 11) is 0. The van der Waals surface area contributed by atoms with Crippen LogP contribution in [0.5, 0.6) is 0 Å². The maximum Gasteiger partial charge on any atom is 0.246 e. The molecule has 0 saturated carbocycles. The third kappa shape index (κ3) is 3.67. The average molecular weight is 377 g/mol. The first-order valence-corrected chi connectivity index (χ1v) is 10.1. The topological polar surface area (TPSA) is 43.9 Å². The van der Waals surface area contributed by atoms with Gasteiger partial charge in [-0.3, -0.25) is 19.4 Å². The smallest absolute Gasteiger partial charge is 0.246 e. The lowest BCUT2D eigenvalue weighted by Gasteiger charge is -2.37. The molecule has 0 aliphatic carbocycles. The van der Waals surface area contributed by atoms with E-state index in [2.05, 4.69) is 29.2 Å². The molecule has 2 aliphatic rings. The van der Waals surface area contributed by atoms with Gasteiger partial charge in [0.05, 0.1) is 0 Å². The van der Waals surface area contributed by atoms with Gasteiger partial charge in [0.15, 0.2) is 0 Å². The number of anilines is 1. The molecule has 2 amide bonds. The van der Waals surface area contributed by atoms with Crippen molar-refractivity contribution in [3.63, 3.8) is 0 Å². The standard InChI is InChI=1S/C23H27N3O2/c1-2-22(27)26-20-11-7-6-10-19(20)16-21(26)23(28)25-14-12-24(13-15-25)17-18-8-4-3-5-9-18/h3-11,21H,2,12-17H2,1H3/t21-/m0/s1. The van der Waals surface area contributed by atoms with Crippen LogP contribution in [0.25, 0.3) is 0 Å². The fraction of sp³-hybridized carbons (Fsp3) is 0.391. The minimum atomic E-state index is -0.398. The molecular weight excluding hydrogens is 350 g/mol. The number of rotatable bonds is 4. The number of nitrogens with zero attached hydrogens (tertiary/aromatic N) is 3. The van der Waals surface area contributed by atoms with Crippen molar-refractivity contribution in [1.82, 2.24) is 9.80 Å². The lowest BCUT2D eigenvalue weighted by atomic mass is 10.1. The normalized spacial score (nSPS) is 19.5. The first kappa shape index (κ1) is 18.7. The van der Waals surface area contributed by atoms with Crippen molar-refractivity contribution in [2.75, 3.05) is 31.1 Å². The van der Waals surface area contributed by atoms with Gasteiger partial charge >= 0.3 is 0 Å². The molecule has 28 heavy (non-hydrogen) atoms. The van der Waals surface area contributed by atoms with Crippen LogP contribution in [0.3, 0.4) is 0 Å². The zero-order valence-electron chi connectivity index (χ0n) is 16.4. The molecule has 0 N–H and O–H groups in total. The van der Waals surface area contributed by atoms with E-state index in [9.17, 15) is 9.59 Å². The van der Waals surface area contributed by atoms with Crippen LogP contribution < -0.4 is 4.90 Å². The first-order valence-electron chi connectivity index (χ1n) is 10.1. The third-order valence-electron chi connectivity index (χ3n) is 5.77. The summed E-state index contributed by atoms with van der Waals surface area (Å²) in [6.07, 6.45) is 1.02. The zero-order chi connectivity index (χ0) is 19.5. The monoisotopic (exact) mass is 377 g/mol. The summed E-state index contributed by atoms with van der Waals surface area (Å²) in [6.45, 7) is 5.93. The quantitative estimate of drug-likeness (QED) is 0.823. The Morgan fingerprint density at radius 1 is 0.929 bits per heavy atom. The molecule has 0 aromatic heterocycles. The third-order valence-corrected chi connectivity index (χ3v) is 5.77. The number of hydrogen-bond acceptors (Lipinski definition) is 3. The van der Waals surface area contributed by atoms with Crippen LogP contribution >= 0.6 is 0 Å². The maximum atomic E-state index is 13.3. The van der Waals surface area contributed by atoms with Crippen LogP contribution in [0.4, 0.5) is 5.69 Å². The van der Waals surface area contributed by atoms with Crippen molar-refractivity contribution in [1.29, 1.82) is 0 Å². The highest BCUT2D eigenvalue weighted by Crippen LogP contribution is 2.33. The van der Waals surface area contributed by atoms with Crippen molar-refractivity contribution < 1.29 is 9.59 Å². The van der Waals surface area contributed by atoms with Crippen molar-refractivity contribution in [2.45, 2.75) is 32.4 Å². The molecule has 2 aromatic rings. The van der Waals surface area contributed by atoms with Gasteiger partial charge in [0.25, 0.3) is 0 Å². The van der Waals surface area contributed by atoms with Gasteiger partial charge in [-0.1, -0.05) is 55.5 Å². The molecule has 0 bridgehead atoms. The Morgan fingerprint density at radius 3 is 2.32 bits per heavy atom. The van der Waals surface area contributed by atoms with E-state index in [4.69, 9.17) is 0 Å². The second-order valence-corrected chi connectivity index (χ2v) is 7.55. The number of benzene rings is 2. The van der Waals surface area contributed by atoms with E-state index in [0.29, 0.717) is 25.9 Å². The van der Waals surface area contributed by atoms with Gasteiger partial charge in [-0.05, 0) is 17.2 Å². The van der Waals surface area contributed by atoms with E-state index >= 15 is 0 Å². The lowest BCUT2D eigenvalue weighted by Crippen LogP contribution is -2.55. The molecule has 4 rings (SSSR count). The molecule has 1 saturated heterocycles. The molecule has 2 aromatic carbocycles. The Morgan fingerprint density at radius 2 is 1.61 bits per heavy atom. The van der Waals surface area contributed by atoms with Crippen molar-refractivity contribution >= 4 is 17.5 Å². The Hall–Kier alpha value is -2.66. The lowest BCUT2D eigenvalue weighted by molar-refractivity contribution is -0.136. The maximum absolute atomic E-state index is 13.3. The van der Waals surface area contributed by atoms with E-state index < -0.39 is 6.04 Å². The summed E-state index contributed by atoms with van der Waals surface area (Å²) < 4.78 is 0. The minimum Gasteiger partial charge on any atom is -0.338 e. The molecule has 2 aliphatic heterocycles. The van der Waals surface area contributed by atoms with Crippen molar-refractivity contribution in [3.05, 3.63) is 65.7 Å². The molecule has 5 heteroatoms. The Labute approximate surface area is 166 Å². The number of hydrogen-bond donors (Lipinski definition) is 0. The van der Waals surface area contributed by atoms with E-state index in [1.54, 1.807) is 4.90 Å². The Bertz CT molecular complexity index is 844. The number of para-hydroxylation sites is 1. The predicted molar refractivity (Wildman–Crippen MR) is 110 cm³/mol. The van der Waals surface area contributed by atoms with Gasteiger partial charge in [-0.15, -0.1) is 0 Å². The molecule has 5 nitrogen and oxygen atoms in total. The zero-order valence-corrected chi connectivity index (χ0v) is 16.4. The van der Waals surface area contributed by atoms with E-state index in [-0.39, 0.29) is 11.8 Å². The summed E-state index contributed by atoms with van der Waals surface area (Å²) in [5.74, 6) is 0.100. The molecule has 146 valence electrons. The van der Waals surface area contributed by atoms with Crippen LogP contribution in [0.2, 0.25) is 0 Å². The predicted octanol–water partition coefficient (Wildman–Crippen LogP) is 2.70. The van der Waals surface area contributed by atoms with Crippen LogP contribution in [-0.2, 0) is 22.6 Å². The van der Waals surface area contributed by atoms with Crippen LogP contribution in [0, 0.1) is 0 Å². The summed E-state index contributed by atoms with van der Waals surface area (Å²) in [4.78, 5) is 31.9. The minimum absolute atomic E-state index is 0.0195. The molecular formula is C23H27N3O2. The second kappa shape index (κ2) is 8.15. The Balaban J connectivity index is 1.41. The molecule has 0 unspecified atom stereocenters. The summed E-state index contributed by atoms with van der Waals surface area (Å²) in [5.41, 5.74) is 3.29. The molecule has 0 radical (unpaired) electrons. The van der Waals surface area contributed by atoms with Gasteiger partial charge in [0, 0.05) is 51.3 Å². The highest BCUT2D eigenvalue weighted by Gasteiger charge is 2.40. The highest BCUT2D eigenvalue weighted by molar-refractivity contribution is 6.03. The number of carbonyl (C=O) groups is 2. The largest absolute Gasteiger partial charge is 0.338 e. The number of amides is 2. The fourth-order valence-electron chi connectivity index (χ4n) is 4.24.